The normalized spacial score (nSPS) is 33.0. The van der Waals surface area contributed by atoms with Crippen molar-refractivity contribution in [1.82, 2.24) is 0 Å². The minimum absolute atomic E-state index is 0.0314. The van der Waals surface area contributed by atoms with E-state index in [1.54, 1.807) is 24.3 Å². The maximum absolute atomic E-state index is 13.3. The van der Waals surface area contributed by atoms with Gasteiger partial charge in [-0.2, -0.15) is 0 Å². The number of aromatic hydroxyl groups is 1. The molecule has 14 heteroatoms. The van der Waals surface area contributed by atoms with Crippen LogP contribution in [0.5, 0.6) is 17.2 Å². The van der Waals surface area contributed by atoms with E-state index in [4.69, 9.17) is 28.1 Å². The number of benzene rings is 2. The summed E-state index contributed by atoms with van der Waals surface area (Å²) in [5, 5.41) is 73.4. The molecule has 0 bridgehead atoms. The van der Waals surface area contributed by atoms with Crippen LogP contribution in [0.4, 0.5) is 0 Å². The van der Waals surface area contributed by atoms with E-state index >= 15 is 0 Å². The molecule has 0 amide bonds. The highest BCUT2D eigenvalue weighted by Crippen LogP contribution is 2.45. The predicted molar refractivity (Wildman–Crippen MR) is 147 cm³/mol. The van der Waals surface area contributed by atoms with Crippen molar-refractivity contribution in [2.45, 2.75) is 68.1 Å². The van der Waals surface area contributed by atoms with E-state index in [1.807, 2.05) is 0 Å². The highest BCUT2D eigenvalue weighted by molar-refractivity contribution is 5.89. The first kappa shape index (κ1) is 31.1. The van der Waals surface area contributed by atoms with E-state index in [-0.39, 0.29) is 28.0 Å². The quantitative estimate of drug-likeness (QED) is 0.181. The van der Waals surface area contributed by atoms with Crippen molar-refractivity contribution in [1.29, 1.82) is 0 Å². The fourth-order valence-electron chi connectivity index (χ4n) is 5.40. The zero-order chi connectivity index (χ0) is 31.2. The molecule has 3 heterocycles. The maximum atomic E-state index is 13.3. The van der Waals surface area contributed by atoms with Gasteiger partial charge in [-0.15, -0.1) is 0 Å². The molecule has 2 fully saturated rings. The Bertz CT molecular complexity index is 1490. The molecular weight excluding hydrogens is 572 g/mol. The van der Waals surface area contributed by atoms with Crippen LogP contribution in [0.15, 0.2) is 45.6 Å². The fourth-order valence-corrected chi connectivity index (χ4v) is 5.40. The number of hydrogen-bond donors (Lipinski definition) is 7. The molecule has 234 valence electrons. The minimum Gasteiger partial charge on any atom is -0.507 e. The molecule has 0 saturated carbocycles. The van der Waals surface area contributed by atoms with Gasteiger partial charge in [-0.05, 0) is 31.2 Å². The zero-order valence-electron chi connectivity index (χ0n) is 23.4. The molecule has 43 heavy (non-hydrogen) atoms. The summed E-state index contributed by atoms with van der Waals surface area (Å²) in [5.41, 5.74) is -0.383. The highest BCUT2D eigenvalue weighted by atomic mass is 16.7. The van der Waals surface area contributed by atoms with Gasteiger partial charge in [-0.25, -0.2) is 0 Å². The number of aliphatic hydroxyl groups is 6. The second-order valence-electron chi connectivity index (χ2n) is 10.5. The summed E-state index contributed by atoms with van der Waals surface area (Å²) in [4.78, 5) is 13.3. The second kappa shape index (κ2) is 12.4. The number of phenols is 1. The topological polar surface area (TPSA) is 218 Å². The van der Waals surface area contributed by atoms with Gasteiger partial charge in [-0.3, -0.25) is 4.79 Å². The number of hydrogen-bond acceptors (Lipinski definition) is 14. The van der Waals surface area contributed by atoms with Crippen molar-refractivity contribution in [3.05, 3.63) is 52.2 Å². The lowest BCUT2D eigenvalue weighted by Crippen LogP contribution is -2.61. The van der Waals surface area contributed by atoms with Crippen LogP contribution in [0.2, 0.25) is 0 Å². The summed E-state index contributed by atoms with van der Waals surface area (Å²) in [5.74, 6) is 0.116. The van der Waals surface area contributed by atoms with Gasteiger partial charge in [0.1, 0.15) is 77.2 Å². The Balaban J connectivity index is 1.69. The Kier molecular flexibility index (Phi) is 8.94. The number of methoxy groups -OCH3 is 2. The van der Waals surface area contributed by atoms with Crippen LogP contribution < -0.4 is 14.9 Å². The lowest BCUT2D eigenvalue weighted by Gasteiger charge is -2.46. The van der Waals surface area contributed by atoms with Crippen molar-refractivity contribution in [3.63, 3.8) is 0 Å². The molecule has 2 aliphatic heterocycles. The largest absolute Gasteiger partial charge is 0.507 e. The average molecular weight is 607 g/mol. The van der Waals surface area contributed by atoms with Gasteiger partial charge in [0.05, 0.1) is 32.5 Å². The standard InChI is InChI=1S/C29H34O14/c1-11-21(33)23(35)25(37)29(40-11)43-28-24(36)22(34)18(10-30)42-27(28)20-17(39-3)9-15(32)19-14(31)8-16(41-26(19)20)12-4-6-13(38-2)7-5-12/h4-9,11,18,21-25,27-30,32-37H,10H2,1-3H3/t11-,18+,21+,22+,23-,24-,25-,27-,28-,29+/m1/s1. The van der Waals surface area contributed by atoms with Gasteiger partial charge < -0.3 is 63.8 Å². The number of ether oxygens (including phenoxy) is 5. The van der Waals surface area contributed by atoms with Crippen LogP contribution in [-0.4, -0.2) is 112 Å². The minimum atomic E-state index is -1.78. The molecular formula is C29H34O14. The first-order valence-electron chi connectivity index (χ1n) is 13.5. The van der Waals surface area contributed by atoms with Crippen LogP contribution in [0, 0.1) is 0 Å². The van der Waals surface area contributed by atoms with E-state index < -0.39 is 79.0 Å². The van der Waals surface area contributed by atoms with Crippen LogP contribution in [-0.2, 0) is 14.2 Å². The van der Waals surface area contributed by atoms with E-state index in [9.17, 15) is 40.5 Å². The Morgan fingerprint density at radius 2 is 1.56 bits per heavy atom. The molecule has 14 nitrogen and oxygen atoms in total. The van der Waals surface area contributed by atoms with Crippen LogP contribution in [0.1, 0.15) is 18.6 Å². The first-order chi connectivity index (χ1) is 20.5. The molecule has 7 N–H and O–H groups in total. The van der Waals surface area contributed by atoms with Crippen LogP contribution >= 0.6 is 0 Å². The van der Waals surface area contributed by atoms with E-state index in [2.05, 4.69) is 0 Å². The molecule has 2 aliphatic rings. The summed E-state index contributed by atoms with van der Waals surface area (Å²) < 4.78 is 34.3. The summed E-state index contributed by atoms with van der Waals surface area (Å²) in [6.07, 6.45) is -15.4. The highest BCUT2D eigenvalue weighted by Gasteiger charge is 2.51. The Morgan fingerprint density at radius 3 is 2.19 bits per heavy atom. The van der Waals surface area contributed by atoms with Gasteiger partial charge >= 0.3 is 0 Å². The SMILES string of the molecule is COc1ccc(-c2cc(=O)c3c(O)cc(OC)c([C@H]4O[C@@H](CO)[C@H](O)[C@@H](O)[C@H]4O[C@@H]4O[C@H](C)[C@H](O)[C@@H](O)[C@H]4O)c3o2)cc1. The summed E-state index contributed by atoms with van der Waals surface area (Å²) >= 11 is 0. The lowest BCUT2D eigenvalue weighted by atomic mass is 9.89. The maximum Gasteiger partial charge on any atom is 0.197 e. The Morgan fingerprint density at radius 1 is 0.860 bits per heavy atom. The van der Waals surface area contributed by atoms with E-state index in [0.29, 0.717) is 11.3 Å². The fraction of sp³-hybridized carbons (Fsp3) is 0.483. The predicted octanol–water partition coefficient (Wildman–Crippen LogP) is -0.451. The van der Waals surface area contributed by atoms with Crippen LogP contribution in [0.3, 0.4) is 0 Å². The molecule has 0 radical (unpaired) electrons. The molecule has 3 aromatic rings. The zero-order valence-corrected chi connectivity index (χ0v) is 23.4. The van der Waals surface area contributed by atoms with Crippen molar-refractivity contribution in [2.24, 2.45) is 0 Å². The average Bonchev–Trinajstić information content (AvgIpc) is 3.00. The van der Waals surface area contributed by atoms with E-state index in [0.717, 1.165) is 6.07 Å². The smallest absolute Gasteiger partial charge is 0.197 e. The van der Waals surface area contributed by atoms with Gasteiger partial charge in [0.15, 0.2) is 17.3 Å². The monoisotopic (exact) mass is 606 g/mol. The van der Waals surface area contributed by atoms with Crippen LogP contribution in [0.25, 0.3) is 22.3 Å². The molecule has 0 unspecified atom stereocenters. The third kappa shape index (κ3) is 5.57. The van der Waals surface area contributed by atoms with Crippen molar-refractivity contribution in [2.75, 3.05) is 20.8 Å². The molecule has 1 aromatic heterocycles. The van der Waals surface area contributed by atoms with Gasteiger partial charge in [0, 0.05) is 17.7 Å². The molecule has 2 saturated heterocycles. The lowest BCUT2D eigenvalue weighted by molar-refractivity contribution is -0.338. The molecule has 2 aromatic carbocycles. The Hall–Kier alpha value is -3.31. The number of phenolic OH excluding ortho intramolecular Hbond substituents is 1. The summed E-state index contributed by atoms with van der Waals surface area (Å²) in [6.45, 7) is 0.704. The summed E-state index contributed by atoms with van der Waals surface area (Å²) in [7, 11) is 2.78. The Labute approximate surface area is 244 Å². The molecule has 5 rings (SSSR count). The van der Waals surface area contributed by atoms with E-state index in [1.165, 1.54) is 27.2 Å². The number of rotatable bonds is 7. The van der Waals surface area contributed by atoms with Gasteiger partial charge in [0.25, 0.3) is 0 Å². The molecule has 0 spiro atoms. The number of aliphatic hydroxyl groups excluding tert-OH is 6. The molecule has 0 aliphatic carbocycles. The summed E-state index contributed by atoms with van der Waals surface area (Å²) in [6, 6.07) is 8.94. The van der Waals surface area contributed by atoms with Gasteiger partial charge in [-0.1, -0.05) is 0 Å². The van der Waals surface area contributed by atoms with Crippen molar-refractivity contribution < 1.29 is 63.8 Å². The second-order valence-corrected chi connectivity index (χ2v) is 10.5. The first-order valence-corrected chi connectivity index (χ1v) is 13.5. The van der Waals surface area contributed by atoms with Gasteiger partial charge in [0.2, 0.25) is 0 Å². The number of fused-ring (bicyclic) bond motifs is 1. The van der Waals surface area contributed by atoms with Crippen molar-refractivity contribution in [3.8, 4) is 28.6 Å². The molecule has 10 atom stereocenters. The third-order valence-electron chi connectivity index (χ3n) is 7.83. The van der Waals surface area contributed by atoms with Crippen molar-refractivity contribution >= 4 is 11.0 Å². The third-order valence-corrected chi connectivity index (χ3v) is 7.83.